The molecule has 0 saturated heterocycles. The lowest BCUT2D eigenvalue weighted by Crippen LogP contribution is -2.33. The van der Waals surface area contributed by atoms with E-state index in [0.29, 0.717) is 18.1 Å². The lowest BCUT2D eigenvalue weighted by Gasteiger charge is -2.23. The summed E-state index contributed by atoms with van der Waals surface area (Å²) in [7, 11) is 0. The molecule has 1 N–H and O–H groups in total. The molecule has 1 amide bonds. The van der Waals surface area contributed by atoms with Crippen molar-refractivity contribution in [1.29, 1.82) is 0 Å². The third-order valence-electron chi connectivity index (χ3n) is 2.69. The van der Waals surface area contributed by atoms with Crippen molar-refractivity contribution >= 4 is 23.3 Å². The molecular weight excluding hydrogens is 226 g/mol. The summed E-state index contributed by atoms with van der Waals surface area (Å²) in [5.74, 6) is 0. The number of hydrogen-bond acceptors (Lipinski definition) is 1. The van der Waals surface area contributed by atoms with Gasteiger partial charge < -0.3 is 10.0 Å². The van der Waals surface area contributed by atoms with Crippen LogP contribution < -0.4 is 0 Å². The summed E-state index contributed by atoms with van der Waals surface area (Å²) in [5.41, 5.74) is 2.31. The van der Waals surface area contributed by atoms with E-state index in [-0.39, 0.29) is 0 Å². The number of hydrogen-bond donors (Lipinski definition) is 1. The lowest BCUT2D eigenvalue weighted by molar-refractivity contribution is 0.150. The van der Waals surface area contributed by atoms with Crippen molar-refractivity contribution in [2.45, 2.75) is 6.42 Å². The molecule has 1 aliphatic heterocycles. The van der Waals surface area contributed by atoms with Gasteiger partial charge >= 0.3 is 6.09 Å². The minimum atomic E-state index is -0.855. The number of amides is 1. The summed E-state index contributed by atoms with van der Waals surface area (Å²) < 4.78 is 0. The molecule has 1 aliphatic rings. The Balaban J connectivity index is 2.13. The third kappa shape index (κ3) is 2.36. The van der Waals surface area contributed by atoms with E-state index in [9.17, 15) is 4.79 Å². The summed E-state index contributed by atoms with van der Waals surface area (Å²) in [6, 6.07) is 7.62. The smallest absolute Gasteiger partial charge is 0.407 e. The predicted molar refractivity (Wildman–Crippen MR) is 63.6 cm³/mol. The molecule has 0 unspecified atom stereocenters. The highest BCUT2D eigenvalue weighted by atomic mass is 35.5. The highest BCUT2D eigenvalue weighted by molar-refractivity contribution is 6.30. The predicted octanol–water partition coefficient (Wildman–Crippen LogP) is 3.11. The van der Waals surface area contributed by atoms with E-state index in [4.69, 9.17) is 16.7 Å². The Hall–Kier alpha value is -1.48. The third-order valence-corrected chi connectivity index (χ3v) is 2.95. The molecule has 0 spiro atoms. The van der Waals surface area contributed by atoms with Crippen molar-refractivity contribution in [3.8, 4) is 0 Å². The molecular formula is C12H12ClNO2. The summed E-state index contributed by atoms with van der Waals surface area (Å²) in [6.07, 6.45) is 1.86. The molecule has 0 aliphatic carbocycles. The minimum Gasteiger partial charge on any atom is -0.465 e. The van der Waals surface area contributed by atoms with Gasteiger partial charge in [0.2, 0.25) is 0 Å². The molecule has 16 heavy (non-hydrogen) atoms. The molecule has 0 aromatic heterocycles. The minimum absolute atomic E-state index is 0.466. The van der Waals surface area contributed by atoms with Gasteiger partial charge in [0, 0.05) is 18.1 Å². The SMILES string of the molecule is O=C(O)N1CC=C(c2ccc(Cl)cc2)CC1. The highest BCUT2D eigenvalue weighted by Gasteiger charge is 2.16. The molecule has 2 rings (SSSR count). The molecule has 0 atom stereocenters. The van der Waals surface area contributed by atoms with Crippen molar-refractivity contribution < 1.29 is 9.90 Å². The summed E-state index contributed by atoms with van der Waals surface area (Å²) >= 11 is 5.81. The van der Waals surface area contributed by atoms with Gasteiger partial charge in [-0.2, -0.15) is 0 Å². The van der Waals surface area contributed by atoms with E-state index in [1.54, 1.807) is 0 Å². The van der Waals surface area contributed by atoms with Gasteiger partial charge in [-0.05, 0) is 29.7 Å². The standard InChI is InChI=1S/C12H12ClNO2/c13-11-3-1-9(2-4-11)10-5-7-14(8-6-10)12(15)16/h1-5H,6-8H2,(H,15,16). The molecule has 0 fully saturated rings. The molecule has 1 aromatic rings. The summed E-state index contributed by atoms with van der Waals surface area (Å²) in [5, 5.41) is 9.53. The maximum atomic E-state index is 10.7. The topological polar surface area (TPSA) is 40.5 Å². The molecule has 1 aromatic carbocycles. The van der Waals surface area contributed by atoms with Crippen molar-refractivity contribution in [2.24, 2.45) is 0 Å². The number of nitrogens with zero attached hydrogens (tertiary/aromatic N) is 1. The molecule has 1 heterocycles. The van der Waals surface area contributed by atoms with Crippen LogP contribution in [0.3, 0.4) is 0 Å². The average molecular weight is 238 g/mol. The first kappa shape index (κ1) is 11.0. The Kier molecular flexibility index (Phi) is 3.15. The molecule has 0 bridgehead atoms. The van der Waals surface area contributed by atoms with Gasteiger partial charge in [-0.3, -0.25) is 0 Å². The number of halogens is 1. The van der Waals surface area contributed by atoms with E-state index in [1.165, 1.54) is 10.5 Å². The Labute approximate surface area is 98.9 Å². The lowest BCUT2D eigenvalue weighted by atomic mass is 10.00. The van der Waals surface area contributed by atoms with E-state index < -0.39 is 6.09 Å². The maximum Gasteiger partial charge on any atom is 0.407 e. The van der Waals surface area contributed by atoms with Gasteiger partial charge in [0.1, 0.15) is 0 Å². The first-order chi connectivity index (χ1) is 7.66. The number of carboxylic acid groups (broad SMARTS) is 1. The summed E-state index contributed by atoms with van der Waals surface area (Å²) in [6.45, 7) is 1.02. The molecule has 3 nitrogen and oxygen atoms in total. The maximum absolute atomic E-state index is 10.7. The second kappa shape index (κ2) is 4.58. The molecule has 0 radical (unpaired) electrons. The average Bonchev–Trinajstić information content (AvgIpc) is 2.30. The van der Waals surface area contributed by atoms with Crippen LogP contribution in [0.15, 0.2) is 30.3 Å². The Morgan fingerprint density at radius 2 is 2.00 bits per heavy atom. The number of benzene rings is 1. The van der Waals surface area contributed by atoms with Crippen molar-refractivity contribution in [3.63, 3.8) is 0 Å². The van der Waals surface area contributed by atoms with Crippen molar-refractivity contribution in [1.82, 2.24) is 4.90 Å². The Bertz CT molecular complexity index is 425. The van der Waals surface area contributed by atoms with Crippen LogP contribution in [-0.4, -0.2) is 29.2 Å². The van der Waals surface area contributed by atoms with E-state index >= 15 is 0 Å². The fourth-order valence-corrected chi connectivity index (χ4v) is 1.90. The van der Waals surface area contributed by atoms with Crippen LogP contribution in [-0.2, 0) is 0 Å². The van der Waals surface area contributed by atoms with Crippen LogP contribution in [0.5, 0.6) is 0 Å². The van der Waals surface area contributed by atoms with Crippen molar-refractivity contribution in [3.05, 3.63) is 40.9 Å². The summed E-state index contributed by atoms with van der Waals surface area (Å²) in [4.78, 5) is 12.1. The zero-order valence-corrected chi connectivity index (χ0v) is 9.44. The van der Waals surface area contributed by atoms with E-state index in [1.807, 2.05) is 30.3 Å². The van der Waals surface area contributed by atoms with Gasteiger partial charge in [0.05, 0.1) is 0 Å². The van der Waals surface area contributed by atoms with Gasteiger partial charge in [0.25, 0.3) is 0 Å². The van der Waals surface area contributed by atoms with Crippen LogP contribution in [0.1, 0.15) is 12.0 Å². The zero-order valence-electron chi connectivity index (χ0n) is 8.69. The first-order valence-corrected chi connectivity index (χ1v) is 5.47. The quantitative estimate of drug-likeness (QED) is 0.815. The van der Waals surface area contributed by atoms with E-state index in [0.717, 1.165) is 12.0 Å². The van der Waals surface area contributed by atoms with Crippen LogP contribution in [0.25, 0.3) is 5.57 Å². The fraction of sp³-hybridized carbons (Fsp3) is 0.250. The molecule has 84 valence electrons. The number of rotatable bonds is 1. The monoisotopic (exact) mass is 237 g/mol. The Morgan fingerprint density at radius 1 is 1.31 bits per heavy atom. The molecule has 4 heteroatoms. The fourth-order valence-electron chi connectivity index (χ4n) is 1.77. The van der Waals surface area contributed by atoms with Gasteiger partial charge in [-0.15, -0.1) is 0 Å². The van der Waals surface area contributed by atoms with Gasteiger partial charge in [0.15, 0.2) is 0 Å². The van der Waals surface area contributed by atoms with Gasteiger partial charge in [-0.25, -0.2) is 4.79 Å². The second-order valence-corrected chi connectivity index (χ2v) is 4.15. The normalized spacial score (nSPS) is 15.8. The molecule has 0 saturated carbocycles. The largest absolute Gasteiger partial charge is 0.465 e. The van der Waals surface area contributed by atoms with Crippen LogP contribution >= 0.6 is 11.6 Å². The van der Waals surface area contributed by atoms with Gasteiger partial charge in [-0.1, -0.05) is 29.8 Å². The van der Waals surface area contributed by atoms with Crippen molar-refractivity contribution in [2.75, 3.05) is 13.1 Å². The van der Waals surface area contributed by atoms with Crippen LogP contribution in [0.4, 0.5) is 4.79 Å². The second-order valence-electron chi connectivity index (χ2n) is 3.71. The zero-order chi connectivity index (χ0) is 11.5. The highest BCUT2D eigenvalue weighted by Crippen LogP contribution is 2.23. The van der Waals surface area contributed by atoms with Crippen LogP contribution in [0.2, 0.25) is 5.02 Å². The Morgan fingerprint density at radius 3 is 2.50 bits per heavy atom. The van der Waals surface area contributed by atoms with E-state index in [2.05, 4.69) is 0 Å². The first-order valence-electron chi connectivity index (χ1n) is 5.09. The van der Waals surface area contributed by atoms with Crippen LogP contribution in [0, 0.1) is 0 Å². The number of carbonyl (C=O) groups is 1.